The zero-order valence-electron chi connectivity index (χ0n) is 17.8. The van der Waals surface area contributed by atoms with E-state index in [4.69, 9.17) is 23.2 Å². The Morgan fingerprint density at radius 1 is 0.879 bits per heavy atom. The highest BCUT2D eigenvalue weighted by Gasteiger charge is 2.27. The summed E-state index contributed by atoms with van der Waals surface area (Å²) < 4.78 is 27.6. The molecule has 33 heavy (non-hydrogen) atoms. The molecule has 0 atom stereocenters. The van der Waals surface area contributed by atoms with Crippen molar-refractivity contribution in [3.63, 3.8) is 0 Å². The van der Waals surface area contributed by atoms with Crippen LogP contribution in [-0.4, -0.2) is 33.2 Å². The van der Waals surface area contributed by atoms with Crippen molar-refractivity contribution < 1.29 is 13.2 Å². The zero-order chi connectivity index (χ0) is 23.7. The fraction of sp³-hybridized carbons (Fsp3) is 0.208. The van der Waals surface area contributed by atoms with E-state index in [0.717, 1.165) is 22.2 Å². The number of hydrogen-bond acceptors (Lipinski definition) is 4. The molecule has 0 aromatic heterocycles. The highest BCUT2D eigenvalue weighted by molar-refractivity contribution is 7.98. The summed E-state index contributed by atoms with van der Waals surface area (Å²) in [5, 5.41) is 3.98. The van der Waals surface area contributed by atoms with Gasteiger partial charge in [0.15, 0.2) is 0 Å². The predicted molar refractivity (Wildman–Crippen MR) is 138 cm³/mol. The highest BCUT2D eigenvalue weighted by Crippen LogP contribution is 2.24. The van der Waals surface area contributed by atoms with Crippen molar-refractivity contribution in [3.05, 3.63) is 94.5 Å². The van der Waals surface area contributed by atoms with Crippen LogP contribution in [0.2, 0.25) is 10.0 Å². The molecule has 0 heterocycles. The van der Waals surface area contributed by atoms with E-state index in [1.807, 2.05) is 24.3 Å². The molecule has 9 heteroatoms. The van der Waals surface area contributed by atoms with Gasteiger partial charge in [-0.1, -0.05) is 53.5 Å². The number of anilines is 1. The molecular formula is C24H24Cl2N2O3S2. The van der Waals surface area contributed by atoms with E-state index < -0.39 is 10.0 Å². The molecule has 3 aromatic rings. The van der Waals surface area contributed by atoms with Crippen molar-refractivity contribution in [2.75, 3.05) is 23.1 Å². The summed E-state index contributed by atoms with van der Waals surface area (Å²) in [5.41, 5.74) is 1.61. The van der Waals surface area contributed by atoms with Gasteiger partial charge in [-0.05, 0) is 66.3 Å². The van der Waals surface area contributed by atoms with Crippen molar-refractivity contribution >= 4 is 56.6 Å². The number of hydrogen-bond donors (Lipinski definition) is 1. The average molecular weight is 524 g/mol. The molecule has 0 aliphatic carbocycles. The van der Waals surface area contributed by atoms with E-state index in [-0.39, 0.29) is 17.3 Å². The monoisotopic (exact) mass is 522 g/mol. The first-order valence-electron chi connectivity index (χ1n) is 10.3. The summed E-state index contributed by atoms with van der Waals surface area (Å²) in [4.78, 5) is 12.7. The van der Waals surface area contributed by atoms with Gasteiger partial charge < -0.3 is 5.32 Å². The minimum Gasteiger partial charge on any atom is -0.354 e. The Hall–Kier alpha value is -2.19. The smallest absolute Gasteiger partial charge is 0.264 e. The van der Waals surface area contributed by atoms with Crippen LogP contribution >= 0.6 is 35.0 Å². The van der Waals surface area contributed by atoms with Crippen LogP contribution in [0.15, 0.2) is 83.8 Å². The topological polar surface area (TPSA) is 66.5 Å². The molecule has 0 aliphatic rings. The third-order valence-electron chi connectivity index (χ3n) is 4.70. The summed E-state index contributed by atoms with van der Waals surface area (Å²) in [5.74, 6) is 1.37. The number of benzene rings is 3. The predicted octanol–water partition coefficient (Wildman–Crippen LogP) is 5.63. The van der Waals surface area contributed by atoms with E-state index in [9.17, 15) is 13.2 Å². The van der Waals surface area contributed by atoms with Gasteiger partial charge in [0.1, 0.15) is 6.54 Å². The average Bonchev–Trinajstić information content (AvgIpc) is 2.81. The molecule has 0 fully saturated rings. The normalized spacial score (nSPS) is 11.2. The first kappa shape index (κ1) is 25.4. The molecule has 5 nitrogen and oxygen atoms in total. The van der Waals surface area contributed by atoms with E-state index in [1.54, 1.807) is 42.1 Å². The van der Waals surface area contributed by atoms with Crippen molar-refractivity contribution in [2.24, 2.45) is 0 Å². The van der Waals surface area contributed by atoms with Gasteiger partial charge in [0.05, 0.1) is 10.6 Å². The van der Waals surface area contributed by atoms with Crippen LogP contribution in [0.25, 0.3) is 0 Å². The quantitative estimate of drug-likeness (QED) is 0.331. The van der Waals surface area contributed by atoms with E-state index >= 15 is 0 Å². The lowest BCUT2D eigenvalue weighted by molar-refractivity contribution is -0.119. The standard InChI is InChI=1S/C24H24Cl2N2O3S2/c25-20-9-7-19(8-10-20)18-32-16-4-15-27-24(29)17-28(22-5-2-1-3-6-22)33(30,31)23-13-11-21(26)12-14-23/h1-3,5-14H,4,15-18H2,(H,27,29). The lowest BCUT2D eigenvalue weighted by atomic mass is 10.2. The molecule has 0 radical (unpaired) electrons. The Kier molecular flexibility index (Phi) is 9.50. The van der Waals surface area contributed by atoms with Gasteiger partial charge in [0.2, 0.25) is 5.91 Å². The summed E-state index contributed by atoms with van der Waals surface area (Å²) in [7, 11) is -3.94. The summed E-state index contributed by atoms with van der Waals surface area (Å²) in [6.07, 6.45) is 0.777. The molecule has 0 unspecified atom stereocenters. The third-order valence-corrected chi connectivity index (χ3v) is 8.11. The van der Waals surface area contributed by atoms with Crippen LogP contribution in [0.4, 0.5) is 5.69 Å². The van der Waals surface area contributed by atoms with Crippen LogP contribution in [0.1, 0.15) is 12.0 Å². The Morgan fingerprint density at radius 2 is 1.48 bits per heavy atom. The van der Waals surface area contributed by atoms with Gasteiger partial charge in [-0.15, -0.1) is 0 Å². The molecule has 0 saturated carbocycles. The molecule has 174 valence electrons. The Balaban J connectivity index is 1.54. The second-order valence-electron chi connectivity index (χ2n) is 7.18. The minimum absolute atomic E-state index is 0.0714. The molecule has 0 aliphatic heterocycles. The molecule has 3 aromatic carbocycles. The van der Waals surface area contributed by atoms with Crippen LogP contribution in [0, 0.1) is 0 Å². The number of amides is 1. The maximum atomic E-state index is 13.2. The number of para-hydroxylation sites is 1. The van der Waals surface area contributed by atoms with Gasteiger partial charge >= 0.3 is 0 Å². The fourth-order valence-electron chi connectivity index (χ4n) is 3.00. The zero-order valence-corrected chi connectivity index (χ0v) is 20.9. The first-order valence-corrected chi connectivity index (χ1v) is 13.6. The lowest BCUT2D eigenvalue weighted by Crippen LogP contribution is -2.41. The highest BCUT2D eigenvalue weighted by atomic mass is 35.5. The number of halogens is 2. The van der Waals surface area contributed by atoms with Crippen molar-refractivity contribution in [1.82, 2.24) is 5.32 Å². The van der Waals surface area contributed by atoms with Gasteiger partial charge in [-0.25, -0.2) is 8.42 Å². The van der Waals surface area contributed by atoms with Crippen LogP contribution in [0.3, 0.4) is 0 Å². The number of nitrogens with zero attached hydrogens (tertiary/aromatic N) is 1. The Labute approximate surface area is 209 Å². The molecule has 0 bridgehead atoms. The van der Waals surface area contributed by atoms with Crippen LogP contribution < -0.4 is 9.62 Å². The molecule has 0 spiro atoms. The molecule has 3 rings (SSSR count). The second-order valence-corrected chi connectivity index (χ2v) is 11.0. The number of thioether (sulfide) groups is 1. The maximum Gasteiger partial charge on any atom is 0.264 e. The fourth-order valence-corrected chi connectivity index (χ4v) is 5.60. The first-order chi connectivity index (χ1) is 15.9. The summed E-state index contributed by atoms with van der Waals surface area (Å²) in [6, 6.07) is 22.2. The van der Waals surface area contributed by atoms with Crippen LogP contribution in [-0.2, 0) is 20.6 Å². The molecule has 1 N–H and O–H groups in total. The van der Waals surface area contributed by atoms with E-state index in [1.165, 1.54) is 29.8 Å². The Bertz CT molecular complexity index is 1140. The third kappa shape index (κ3) is 7.67. The minimum atomic E-state index is -3.94. The largest absolute Gasteiger partial charge is 0.354 e. The SMILES string of the molecule is O=C(CN(c1ccccc1)S(=O)(=O)c1ccc(Cl)cc1)NCCCSCc1ccc(Cl)cc1. The number of rotatable bonds is 11. The van der Waals surface area contributed by atoms with E-state index in [2.05, 4.69) is 5.32 Å². The van der Waals surface area contributed by atoms with E-state index in [0.29, 0.717) is 22.3 Å². The Morgan fingerprint density at radius 3 is 2.12 bits per heavy atom. The van der Waals surface area contributed by atoms with Gasteiger partial charge in [0, 0.05) is 22.3 Å². The van der Waals surface area contributed by atoms with Crippen molar-refractivity contribution in [3.8, 4) is 0 Å². The van der Waals surface area contributed by atoms with Crippen molar-refractivity contribution in [1.29, 1.82) is 0 Å². The summed E-state index contributed by atoms with van der Waals surface area (Å²) in [6.45, 7) is 0.156. The number of carbonyl (C=O) groups is 1. The molecule has 0 saturated heterocycles. The van der Waals surface area contributed by atoms with Gasteiger partial charge in [-0.3, -0.25) is 9.10 Å². The van der Waals surface area contributed by atoms with Gasteiger partial charge in [0.25, 0.3) is 10.0 Å². The molecular weight excluding hydrogens is 499 g/mol. The van der Waals surface area contributed by atoms with Crippen LogP contribution in [0.5, 0.6) is 0 Å². The number of sulfonamides is 1. The lowest BCUT2D eigenvalue weighted by Gasteiger charge is -2.24. The number of nitrogens with one attached hydrogen (secondary N) is 1. The molecule has 1 amide bonds. The summed E-state index contributed by atoms with van der Waals surface area (Å²) >= 11 is 13.6. The second kappa shape index (κ2) is 12.3. The van der Waals surface area contributed by atoms with Crippen molar-refractivity contribution in [2.45, 2.75) is 17.1 Å². The maximum absolute atomic E-state index is 13.2. The number of carbonyl (C=O) groups excluding carboxylic acids is 1. The van der Waals surface area contributed by atoms with Gasteiger partial charge in [-0.2, -0.15) is 11.8 Å².